The highest BCUT2D eigenvalue weighted by molar-refractivity contribution is 5.88. The highest BCUT2D eigenvalue weighted by atomic mass is 16.3. The van der Waals surface area contributed by atoms with Gasteiger partial charge in [-0.3, -0.25) is 4.79 Å². The van der Waals surface area contributed by atoms with Crippen molar-refractivity contribution in [2.24, 2.45) is 5.92 Å². The van der Waals surface area contributed by atoms with Crippen LogP contribution in [0.3, 0.4) is 0 Å². The molecule has 19 heavy (non-hydrogen) atoms. The van der Waals surface area contributed by atoms with Crippen LogP contribution in [0.1, 0.15) is 38.7 Å². The van der Waals surface area contributed by atoms with Crippen LogP contribution in [0.2, 0.25) is 0 Å². The zero-order chi connectivity index (χ0) is 14.0. The van der Waals surface area contributed by atoms with E-state index in [1.165, 1.54) is 0 Å². The third kappa shape index (κ3) is 2.34. The Balaban J connectivity index is 2.52. The van der Waals surface area contributed by atoms with Crippen molar-refractivity contribution in [3.63, 3.8) is 0 Å². The van der Waals surface area contributed by atoms with Crippen molar-refractivity contribution in [2.45, 2.75) is 38.5 Å². The van der Waals surface area contributed by atoms with Crippen LogP contribution in [0.5, 0.6) is 5.75 Å². The summed E-state index contributed by atoms with van der Waals surface area (Å²) >= 11 is 0. The molecule has 1 aromatic rings. The molecule has 1 heterocycles. The summed E-state index contributed by atoms with van der Waals surface area (Å²) in [5.41, 5.74) is 0.400. The smallest absolute Gasteiger partial charge is 0.232 e. The fourth-order valence-electron chi connectivity index (χ4n) is 3.34. The highest BCUT2D eigenvalue weighted by Crippen LogP contribution is 2.41. The number of hydrogen-bond acceptors (Lipinski definition) is 2. The fraction of sp³-hybridized carbons (Fsp3) is 0.562. The lowest BCUT2D eigenvalue weighted by Crippen LogP contribution is -2.46. The van der Waals surface area contributed by atoms with Crippen LogP contribution in [0, 0.1) is 5.92 Å². The first-order valence-electron chi connectivity index (χ1n) is 7.05. The number of likely N-dealkylation sites (N-methyl/N-ethyl adjacent to an activating group) is 1. The molecule has 0 aliphatic carbocycles. The average molecular weight is 261 g/mol. The van der Waals surface area contributed by atoms with Gasteiger partial charge in [0.1, 0.15) is 5.75 Å². The van der Waals surface area contributed by atoms with E-state index in [0.717, 1.165) is 31.4 Å². The van der Waals surface area contributed by atoms with Crippen molar-refractivity contribution in [2.75, 3.05) is 13.6 Å². The van der Waals surface area contributed by atoms with Gasteiger partial charge in [0.25, 0.3) is 0 Å². The van der Waals surface area contributed by atoms with Crippen LogP contribution in [0.25, 0.3) is 0 Å². The SMILES string of the molecule is CCC1CCCN(C)C(=O)[C@@]1(C)c1cccc(O)c1. The Bertz CT molecular complexity index is 472. The predicted molar refractivity (Wildman–Crippen MR) is 76.1 cm³/mol. The number of carbonyl (C=O) groups excluding carboxylic acids is 1. The van der Waals surface area contributed by atoms with Gasteiger partial charge in [-0.25, -0.2) is 0 Å². The van der Waals surface area contributed by atoms with Crippen LogP contribution in [0.4, 0.5) is 0 Å². The molecule has 1 aliphatic rings. The van der Waals surface area contributed by atoms with Crippen LogP contribution >= 0.6 is 0 Å². The predicted octanol–water partition coefficient (Wildman–Crippen LogP) is 2.93. The maximum atomic E-state index is 12.8. The zero-order valence-electron chi connectivity index (χ0n) is 12.0. The van der Waals surface area contributed by atoms with Crippen molar-refractivity contribution in [3.05, 3.63) is 29.8 Å². The number of likely N-dealkylation sites (tertiary alicyclic amines) is 1. The van der Waals surface area contributed by atoms with Crippen molar-refractivity contribution >= 4 is 5.91 Å². The number of aromatic hydroxyl groups is 1. The first-order chi connectivity index (χ1) is 9.00. The number of phenols is 1. The zero-order valence-corrected chi connectivity index (χ0v) is 12.0. The summed E-state index contributed by atoms with van der Waals surface area (Å²) in [7, 11) is 1.88. The summed E-state index contributed by atoms with van der Waals surface area (Å²) in [4.78, 5) is 14.6. The van der Waals surface area contributed by atoms with E-state index in [9.17, 15) is 9.90 Å². The number of phenolic OH excluding ortho intramolecular Hbond substituents is 1. The van der Waals surface area contributed by atoms with Crippen molar-refractivity contribution in [1.29, 1.82) is 0 Å². The lowest BCUT2D eigenvalue weighted by Gasteiger charge is -2.36. The maximum Gasteiger partial charge on any atom is 0.232 e. The Morgan fingerprint density at radius 1 is 1.47 bits per heavy atom. The van der Waals surface area contributed by atoms with E-state index in [2.05, 4.69) is 6.92 Å². The molecule has 0 bridgehead atoms. The van der Waals surface area contributed by atoms with E-state index < -0.39 is 5.41 Å². The Kier molecular flexibility index (Phi) is 3.83. The summed E-state index contributed by atoms with van der Waals surface area (Å²) in [6.45, 7) is 4.99. The summed E-state index contributed by atoms with van der Waals surface area (Å²) in [5, 5.41) is 9.71. The summed E-state index contributed by atoms with van der Waals surface area (Å²) in [6.07, 6.45) is 3.08. The molecule has 3 heteroatoms. The van der Waals surface area contributed by atoms with Gasteiger partial charge in [-0.05, 0) is 43.4 Å². The molecule has 2 rings (SSSR count). The summed E-state index contributed by atoms with van der Waals surface area (Å²) in [5.74, 6) is 0.725. The fourth-order valence-corrected chi connectivity index (χ4v) is 3.34. The molecule has 1 amide bonds. The molecule has 104 valence electrons. The van der Waals surface area contributed by atoms with Crippen LogP contribution in [-0.2, 0) is 10.2 Å². The molecule has 1 N–H and O–H groups in total. The Morgan fingerprint density at radius 3 is 2.84 bits per heavy atom. The third-order valence-corrected chi connectivity index (χ3v) is 4.59. The van der Waals surface area contributed by atoms with Gasteiger partial charge in [-0.1, -0.05) is 25.5 Å². The van der Waals surface area contributed by atoms with Crippen molar-refractivity contribution in [1.82, 2.24) is 4.90 Å². The second kappa shape index (κ2) is 5.24. The molecule has 0 radical (unpaired) electrons. The van der Waals surface area contributed by atoms with Gasteiger partial charge in [0, 0.05) is 13.6 Å². The van der Waals surface area contributed by atoms with E-state index in [-0.39, 0.29) is 11.7 Å². The number of amides is 1. The molecule has 0 saturated carbocycles. The molecule has 1 aliphatic heterocycles. The lowest BCUT2D eigenvalue weighted by atomic mass is 9.68. The van der Waals surface area contributed by atoms with Crippen LogP contribution in [-0.4, -0.2) is 29.5 Å². The molecule has 1 saturated heterocycles. The van der Waals surface area contributed by atoms with E-state index in [1.54, 1.807) is 12.1 Å². The maximum absolute atomic E-state index is 12.8. The molecule has 0 spiro atoms. The van der Waals surface area contributed by atoms with Gasteiger partial charge in [-0.2, -0.15) is 0 Å². The van der Waals surface area contributed by atoms with E-state index in [1.807, 2.05) is 31.0 Å². The summed E-state index contributed by atoms with van der Waals surface area (Å²) in [6, 6.07) is 7.17. The van der Waals surface area contributed by atoms with Crippen LogP contribution < -0.4 is 0 Å². The minimum absolute atomic E-state index is 0.169. The molecule has 2 atom stereocenters. The Labute approximate surface area is 115 Å². The molecule has 1 unspecified atom stereocenters. The molecular weight excluding hydrogens is 238 g/mol. The van der Waals surface area contributed by atoms with E-state index >= 15 is 0 Å². The second-order valence-electron chi connectivity index (χ2n) is 5.73. The normalized spacial score (nSPS) is 28.3. The first kappa shape index (κ1) is 13.9. The topological polar surface area (TPSA) is 40.5 Å². The largest absolute Gasteiger partial charge is 0.508 e. The monoisotopic (exact) mass is 261 g/mol. The molecular formula is C16H23NO2. The van der Waals surface area contributed by atoms with Crippen LogP contribution in [0.15, 0.2) is 24.3 Å². The minimum atomic E-state index is -0.529. The van der Waals surface area contributed by atoms with Gasteiger partial charge in [0.2, 0.25) is 5.91 Å². The van der Waals surface area contributed by atoms with Crippen molar-refractivity contribution < 1.29 is 9.90 Å². The number of benzene rings is 1. The Morgan fingerprint density at radius 2 is 2.21 bits per heavy atom. The standard InChI is InChI=1S/C16H23NO2/c1-4-12-8-6-10-17(3)15(19)16(12,2)13-7-5-9-14(18)11-13/h5,7,9,11-12,18H,4,6,8,10H2,1-3H3/t12?,16-/m1/s1. The number of hydrogen-bond donors (Lipinski definition) is 1. The second-order valence-corrected chi connectivity index (χ2v) is 5.73. The van der Waals surface area contributed by atoms with Gasteiger partial charge in [0.15, 0.2) is 0 Å². The third-order valence-electron chi connectivity index (χ3n) is 4.59. The molecule has 1 aromatic carbocycles. The van der Waals surface area contributed by atoms with Gasteiger partial charge >= 0.3 is 0 Å². The Hall–Kier alpha value is -1.51. The number of carbonyl (C=O) groups is 1. The number of nitrogens with zero attached hydrogens (tertiary/aromatic N) is 1. The van der Waals surface area contributed by atoms with Gasteiger partial charge < -0.3 is 10.0 Å². The lowest BCUT2D eigenvalue weighted by molar-refractivity contribution is -0.136. The molecule has 3 nitrogen and oxygen atoms in total. The van der Waals surface area contributed by atoms with Crippen molar-refractivity contribution in [3.8, 4) is 5.75 Å². The first-order valence-corrected chi connectivity index (χ1v) is 7.05. The van der Waals surface area contributed by atoms with E-state index in [4.69, 9.17) is 0 Å². The van der Waals surface area contributed by atoms with E-state index in [0.29, 0.717) is 5.92 Å². The molecule has 0 aromatic heterocycles. The quantitative estimate of drug-likeness (QED) is 0.889. The highest BCUT2D eigenvalue weighted by Gasteiger charge is 2.44. The average Bonchev–Trinajstić information content (AvgIpc) is 2.51. The summed E-state index contributed by atoms with van der Waals surface area (Å²) < 4.78 is 0. The molecule has 1 fully saturated rings. The minimum Gasteiger partial charge on any atom is -0.508 e. The van der Waals surface area contributed by atoms with Gasteiger partial charge in [0.05, 0.1) is 5.41 Å². The van der Waals surface area contributed by atoms with Gasteiger partial charge in [-0.15, -0.1) is 0 Å². The number of rotatable bonds is 2.